The number of esters is 1. The van der Waals surface area contributed by atoms with E-state index in [1.54, 1.807) is 0 Å². The molecule has 1 aliphatic carbocycles. The average Bonchev–Trinajstić information content (AvgIpc) is 3.55. The first-order chi connectivity index (χ1) is 22.4. The third kappa shape index (κ3) is 14.2. The van der Waals surface area contributed by atoms with Crippen LogP contribution in [0.3, 0.4) is 0 Å². The second-order valence-electron chi connectivity index (χ2n) is 13.9. The molecule has 2 aromatic carbocycles. The van der Waals surface area contributed by atoms with E-state index >= 15 is 0 Å². The minimum atomic E-state index is -0.329. The molecule has 0 aliphatic heterocycles. The Morgan fingerprint density at radius 2 is 1.11 bits per heavy atom. The van der Waals surface area contributed by atoms with Gasteiger partial charge in [-0.1, -0.05) is 65.8 Å². The Kier molecular flexibility index (Phi) is 17.9. The van der Waals surface area contributed by atoms with Gasteiger partial charge in [-0.25, -0.2) is 0 Å². The van der Waals surface area contributed by atoms with Gasteiger partial charge in [0.1, 0.15) is 17.1 Å². The first kappa shape index (κ1) is 40.6. The van der Waals surface area contributed by atoms with E-state index in [1.165, 1.54) is 24.0 Å². The second-order valence-corrected chi connectivity index (χ2v) is 13.9. The summed E-state index contributed by atoms with van der Waals surface area (Å²) in [6, 6.07) is 16.6. The van der Waals surface area contributed by atoms with Crippen molar-refractivity contribution in [3.8, 4) is 11.5 Å². The fourth-order valence-electron chi connectivity index (χ4n) is 5.40. The van der Waals surface area contributed by atoms with E-state index in [4.69, 9.17) is 23.7 Å². The van der Waals surface area contributed by atoms with Gasteiger partial charge in [0.2, 0.25) is 0 Å². The van der Waals surface area contributed by atoms with Crippen LogP contribution in [0.2, 0.25) is 0 Å². The number of carbonyl (C=O) groups is 1. The zero-order chi connectivity index (χ0) is 34.9. The standard InChI is InChI=1S/C28H42O4.C13H24O2/c1-7-21(3)25-11-15-27(16-12-25)31-23(5)29-19-9-10-20-30-24(6)32-28-17-13-26(14-18-28)22(4)8-2;1-5-12(3,4)11(14)15-13(6-2)9-7-8-10-13/h11-18,21-24H,7-10,19-20H2,1-6H3;5-10H2,1-4H3. The second kappa shape index (κ2) is 20.7. The fraction of sp³-hybridized carbons (Fsp3) is 0.683. The minimum Gasteiger partial charge on any atom is -0.465 e. The van der Waals surface area contributed by atoms with Crippen molar-refractivity contribution in [1.29, 1.82) is 0 Å². The summed E-state index contributed by atoms with van der Waals surface area (Å²) < 4.78 is 29.0. The highest BCUT2D eigenvalue weighted by Gasteiger charge is 2.39. The van der Waals surface area contributed by atoms with Crippen molar-refractivity contribution in [2.75, 3.05) is 13.2 Å². The lowest BCUT2D eigenvalue weighted by molar-refractivity contribution is -0.170. The number of carbonyl (C=O) groups excluding carboxylic acids is 1. The van der Waals surface area contributed by atoms with Crippen molar-refractivity contribution in [3.63, 3.8) is 0 Å². The average molecular weight is 655 g/mol. The molecule has 6 heteroatoms. The molecule has 0 N–H and O–H groups in total. The number of ether oxygens (including phenoxy) is 5. The molecule has 1 saturated carbocycles. The van der Waals surface area contributed by atoms with Gasteiger partial charge in [0.15, 0.2) is 12.6 Å². The topological polar surface area (TPSA) is 63.2 Å². The highest BCUT2D eigenvalue weighted by Crippen LogP contribution is 2.38. The first-order valence-corrected chi connectivity index (χ1v) is 18.4. The lowest BCUT2D eigenvalue weighted by Gasteiger charge is -2.32. The lowest BCUT2D eigenvalue weighted by atomic mass is 9.89. The highest BCUT2D eigenvalue weighted by atomic mass is 16.7. The quantitative estimate of drug-likeness (QED) is 0.0853. The molecule has 0 radical (unpaired) electrons. The molecule has 0 heterocycles. The van der Waals surface area contributed by atoms with Crippen molar-refractivity contribution in [1.82, 2.24) is 0 Å². The van der Waals surface area contributed by atoms with Gasteiger partial charge >= 0.3 is 5.97 Å². The van der Waals surface area contributed by atoms with E-state index in [0.29, 0.717) is 25.0 Å². The SMILES string of the molecule is CCC(C)c1ccc(OC(C)OCCCCOC(C)Oc2ccc(C(C)CC)cc2)cc1.CCC1(OC(=O)C(C)(C)CC)CCCC1. The normalized spacial score (nSPS) is 16.7. The van der Waals surface area contributed by atoms with Gasteiger partial charge in [-0.05, 0) is 139 Å². The van der Waals surface area contributed by atoms with Gasteiger partial charge in [0, 0.05) is 0 Å². The van der Waals surface area contributed by atoms with E-state index in [1.807, 2.05) is 58.9 Å². The minimum absolute atomic E-state index is 0.0197. The smallest absolute Gasteiger partial charge is 0.312 e. The summed E-state index contributed by atoms with van der Waals surface area (Å²) in [4.78, 5) is 12.0. The first-order valence-electron chi connectivity index (χ1n) is 18.4. The fourth-order valence-corrected chi connectivity index (χ4v) is 5.40. The van der Waals surface area contributed by atoms with Crippen LogP contribution in [0.4, 0.5) is 0 Å². The molecule has 0 amide bonds. The molecule has 47 heavy (non-hydrogen) atoms. The number of rotatable bonds is 19. The van der Waals surface area contributed by atoms with Crippen LogP contribution in [0.15, 0.2) is 48.5 Å². The molecule has 266 valence electrons. The van der Waals surface area contributed by atoms with Crippen molar-refractivity contribution < 1.29 is 28.5 Å². The molecule has 3 rings (SSSR count). The maximum absolute atomic E-state index is 12.0. The zero-order valence-electron chi connectivity index (χ0n) is 31.4. The van der Waals surface area contributed by atoms with E-state index in [9.17, 15) is 4.79 Å². The molecule has 0 spiro atoms. The summed E-state index contributed by atoms with van der Waals surface area (Å²) in [5.74, 6) is 2.81. The number of benzene rings is 2. The third-order valence-corrected chi connectivity index (χ3v) is 9.88. The Labute approximate surface area is 287 Å². The number of unbranched alkanes of at least 4 members (excludes halogenated alkanes) is 1. The zero-order valence-corrected chi connectivity index (χ0v) is 31.4. The molecule has 4 atom stereocenters. The molecule has 1 fully saturated rings. The Morgan fingerprint density at radius 3 is 1.45 bits per heavy atom. The van der Waals surface area contributed by atoms with E-state index in [-0.39, 0.29) is 29.6 Å². The lowest BCUT2D eigenvalue weighted by Crippen LogP contribution is -2.37. The maximum Gasteiger partial charge on any atom is 0.312 e. The molecule has 1 aliphatic rings. The van der Waals surface area contributed by atoms with Crippen LogP contribution < -0.4 is 9.47 Å². The van der Waals surface area contributed by atoms with Crippen LogP contribution >= 0.6 is 0 Å². The van der Waals surface area contributed by atoms with Crippen LogP contribution in [0.5, 0.6) is 11.5 Å². The van der Waals surface area contributed by atoms with Gasteiger partial charge in [0.25, 0.3) is 0 Å². The van der Waals surface area contributed by atoms with Gasteiger partial charge in [0.05, 0.1) is 18.6 Å². The molecule has 0 aromatic heterocycles. The summed E-state index contributed by atoms with van der Waals surface area (Å²) in [7, 11) is 0. The van der Waals surface area contributed by atoms with Crippen LogP contribution in [-0.4, -0.2) is 37.4 Å². The molecular formula is C41H66O6. The number of hydrogen-bond acceptors (Lipinski definition) is 6. The molecular weight excluding hydrogens is 588 g/mol. The Balaban J connectivity index is 0.000000427. The van der Waals surface area contributed by atoms with Crippen molar-refractivity contribution >= 4 is 5.97 Å². The predicted molar refractivity (Wildman–Crippen MR) is 193 cm³/mol. The summed E-state index contributed by atoms with van der Waals surface area (Å²) in [5, 5.41) is 0. The monoisotopic (exact) mass is 654 g/mol. The van der Waals surface area contributed by atoms with Crippen LogP contribution in [0, 0.1) is 5.41 Å². The molecule has 6 nitrogen and oxygen atoms in total. The largest absolute Gasteiger partial charge is 0.465 e. The third-order valence-electron chi connectivity index (χ3n) is 9.88. The Morgan fingerprint density at radius 1 is 0.702 bits per heavy atom. The van der Waals surface area contributed by atoms with Crippen molar-refractivity contribution in [3.05, 3.63) is 59.7 Å². The van der Waals surface area contributed by atoms with Gasteiger partial charge in [-0.2, -0.15) is 0 Å². The van der Waals surface area contributed by atoms with Crippen LogP contribution in [0.25, 0.3) is 0 Å². The predicted octanol–water partition coefficient (Wildman–Crippen LogP) is 11.4. The van der Waals surface area contributed by atoms with E-state index in [2.05, 4.69) is 58.9 Å². The van der Waals surface area contributed by atoms with Crippen molar-refractivity contribution in [2.24, 2.45) is 5.41 Å². The molecule has 2 aromatic rings. The molecule has 0 bridgehead atoms. The Bertz CT molecular complexity index is 1050. The number of hydrogen-bond donors (Lipinski definition) is 0. The Hall–Kier alpha value is -2.57. The molecule has 0 saturated heterocycles. The highest BCUT2D eigenvalue weighted by molar-refractivity contribution is 5.76. The molecule has 4 unspecified atom stereocenters. The van der Waals surface area contributed by atoms with Crippen LogP contribution in [-0.2, 0) is 19.0 Å². The summed E-state index contributed by atoms with van der Waals surface area (Å²) in [6.45, 7) is 22.1. The maximum atomic E-state index is 12.0. The summed E-state index contributed by atoms with van der Waals surface area (Å²) in [5.41, 5.74) is 2.22. The van der Waals surface area contributed by atoms with Gasteiger partial charge < -0.3 is 23.7 Å². The van der Waals surface area contributed by atoms with E-state index < -0.39 is 0 Å². The van der Waals surface area contributed by atoms with Crippen LogP contribution in [0.1, 0.15) is 156 Å². The van der Waals surface area contributed by atoms with Gasteiger partial charge in [-0.3, -0.25) is 4.79 Å². The summed E-state index contributed by atoms with van der Waals surface area (Å²) >= 11 is 0. The van der Waals surface area contributed by atoms with Gasteiger partial charge in [-0.15, -0.1) is 0 Å². The summed E-state index contributed by atoms with van der Waals surface area (Å²) in [6.07, 6.45) is 9.86. The van der Waals surface area contributed by atoms with E-state index in [0.717, 1.165) is 62.9 Å². The van der Waals surface area contributed by atoms with Crippen molar-refractivity contribution in [2.45, 2.75) is 163 Å².